The highest BCUT2D eigenvalue weighted by molar-refractivity contribution is 5.97. The molecule has 5 nitrogen and oxygen atoms in total. The van der Waals surface area contributed by atoms with Crippen molar-refractivity contribution in [2.45, 2.75) is 38.3 Å². The highest BCUT2D eigenvalue weighted by Gasteiger charge is 2.41. The molecule has 0 unspecified atom stereocenters. The number of hydrogen-bond donors (Lipinski definition) is 3. The van der Waals surface area contributed by atoms with E-state index < -0.39 is 0 Å². The first-order valence-corrected chi connectivity index (χ1v) is 7.61. The van der Waals surface area contributed by atoms with E-state index in [-0.39, 0.29) is 5.84 Å². The standard InChI is InChI=1S/C16H23N3O2/c1-21-14-7-6-12(16(17)19-20)8-13(14)9-18-15(10-2-3-10)11-4-5-11/h6-8,10-11,15,18,20H,2-5,9H2,1H3,(H2,17,19). The van der Waals surface area contributed by atoms with Gasteiger partial charge in [-0.1, -0.05) is 5.16 Å². The minimum Gasteiger partial charge on any atom is -0.496 e. The van der Waals surface area contributed by atoms with Gasteiger partial charge in [0.1, 0.15) is 5.75 Å². The first kappa shape index (κ1) is 14.2. The third-order valence-corrected chi connectivity index (χ3v) is 4.47. The summed E-state index contributed by atoms with van der Waals surface area (Å²) in [6.07, 6.45) is 5.43. The van der Waals surface area contributed by atoms with Crippen molar-refractivity contribution < 1.29 is 9.94 Å². The van der Waals surface area contributed by atoms with Gasteiger partial charge in [0.25, 0.3) is 0 Å². The predicted molar refractivity (Wildman–Crippen MR) is 81.6 cm³/mol. The van der Waals surface area contributed by atoms with Crippen LogP contribution in [-0.4, -0.2) is 24.2 Å². The van der Waals surface area contributed by atoms with Crippen LogP contribution >= 0.6 is 0 Å². The van der Waals surface area contributed by atoms with Gasteiger partial charge >= 0.3 is 0 Å². The summed E-state index contributed by atoms with van der Waals surface area (Å²) < 4.78 is 5.42. The molecule has 0 atom stereocenters. The molecular formula is C16H23N3O2. The number of nitrogens with zero attached hydrogens (tertiary/aromatic N) is 1. The zero-order valence-corrected chi connectivity index (χ0v) is 12.4. The molecule has 0 saturated heterocycles. The highest BCUT2D eigenvalue weighted by atomic mass is 16.5. The number of rotatable bonds is 7. The van der Waals surface area contributed by atoms with E-state index in [1.165, 1.54) is 25.7 Å². The molecule has 3 rings (SSSR count). The normalized spacial score (nSPS) is 19.0. The van der Waals surface area contributed by atoms with Gasteiger partial charge in [-0.3, -0.25) is 0 Å². The van der Waals surface area contributed by atoms with Crippen molar-refractivity contribution in [1.29, 1.82) is 0 Å². The van der Waals surface area contributed by atoms with Crippen molar-refractivity contribution in [3.8, 4) is 5.75 Å². The fourth-order valence-electron chi connectivity index (χ4n) is 2.99. The van der Waals surface area contributed by atoms with E-state index in [9.17, 15) is 0 Å². The van der Waals surface area contributed by atoms with E-state index in [4.69, 9.17) is 15.7 Å². The Balaban J connectivity index is 1.72. The Hall–Kier alpha value is -1.75. The van der Waals surface area contributed by atoms with Crippen molar-refractivity contribution in [3.05, 3.63) is 29.3 Å². The summed E-state index contributed by atoms with van der Waals surface area (Å²) in [5.41, 5.74) is 7.43. The molecule has 4 N–H and O–H groups in total. The maximum atomic E-state index is 8.80. The smallest absolute Gasteiger partial charge is 0.170 e. The second-order valence-corrected chi connectivity index (χ2v) is 6.09. The second-order valence-electron chi connectivity index (χ2n) is 6.09. The van der Waals surface area contributed by atoms with Crippen LogP contribution in [0.5, 0.6) is 5.75 Å². The van der Waals surface area contributed by atoms with E-state index in [1.807, 2.05) is 12.1 Å². The summed E-state index contributed by atoms with van der Waals surface area (Å²) in [5.74, 6) is 2.67. The molecule has 0 aliphatic heterocycles. The predicted octanol–water partition coefficient (Wildman–Crippen LogP) is 2.07. The molecule has 1 aromatic rings. The molecule has 0 amide bonds. The molecule has 0 bridgehead atoms. The van der Waals surface area contributed by atoms with E-state index in [1.54, 1.807) is 13.2 Å². The fraction of sp³-hybridized carbons (Fsp3) is 0.562. The lowest BCUT2D eigenvalue weighted by atomic mass is 10.1. The van der Waals surface area contributed by atoms with Crippen LogP contribution in [-0.2, 0) is 6.54 Å². The highest BCUT2D eigenvalue weighted by Crippen LogP contribution is 2.44. The Morgan fingerprint density at radius 1 is 1.38 bits per heavy atom. The Bertz CT molecular complexity index is 524. The molecule has 0 spiro atoms. The third-order valence-electron chi connectivity index (χ3n) is 4.47. The zero-order chi connectivity index (χ0) is 14.8. The van der Waals surface area contributed by atoms with Gasteiger partial charge in [-0.25, -0.2) is 0 Å². The molecule has 114 valence electrons. The minimum atomic E-state index is 0.125. The fourth-order valence-corrected chi connectivity index (χ4v) is 2.99. The maximum Gasteiger partial charge on any atom is 0.170 e. The number of benzene rings is 1. The van der Waals surface area contributed by atoms with E-state index in [0.29, 0.717) is 11.6 Å². The molecule has 2 aliphatic carbocycles. The van der Waals surface area contributed by atoms with Gasteiger partial charge in [-0.2, -0.15) is 0 Å². The van der Waals surface area contributed by atoms with Crippen LogP contribution in [0.3, 0.4) is 0 Å². The van der Waals surface area contributed by atoms with Crippen molar-refractivity contribution >= 4 is 5.84 Å². The molecule has 0 radical (unpaired) electrons. The van der Waals surface area contributed by atoms with E-state index in [0.717, 1.165) is 29.7 Å². The first-order valence-electron chi connectivity index (χ1n) is 7.61. The molecular weight excluding hydrogens is 266 g/mol. The zero-order valence-electron chi connectivity index (χ0n) is 12.4. The lowest BCUT2D eigenvalue weighted by Gasteiger charge is -2.19. The van der Waals surface area contributed by atoms with Crippen LogP contribution in [0.1, 0.15) is 36.8 Å². The van der Waals surface area contributed by atoms with Crippen LogP contribution in [0.25, 0.3) is 0 Å². The number of amidine groups is 1. The SMILES string of the molecule is COc1ccc(/C(N)=N/O)cc1CNC(C1CC1)C1CC1. The topological polar surface area (TPSA) is 79.9 Å². The lowest BCUT2D eigenvalue weighted by Crippen LogP contribution is -2.32. The quantitative estimate of drug-likeness (QED) is 0.311. The number of nitrogens with two attached hydrogens (primary N) is 1. The van der Waals surface area contributed by atoms with Crippen molar-refractivity contribution in [2.24, 2.45) is 22.7 Å². The molecule has 21 heavy (non-hydrogen) atoms. The Kier molecular flexibility index (Phi) is 4.01. The molecule has 2 aliphatic rings. The summed E-state index contributed by atoms with van der Waals surface area (Å²) in [4.78, 5) is 0. The minimum absolute atomic E-state index is 0.125. The number of oxime groups is 1. The molecule has 0 aromatic heterocycles. The Morgan fingerprint density at radius 2 is 2.05 bits per heavy atom. The van der Waals surface area contributed by atoms with Crippen LogP contribution in [0.2, 0.25) is 0 Å². The van der Waals surface area contributed by atoms with Crippen LogP contribution in [0, 0.1) is 11.8 Å². The third kappa shape index (κ3) is 3.29. The summed E-state index contributed by atoms with van der Waals surface area (Å²) in [5, 5.41) is 15.6. The number of methoxy groups -OCH3 is 1. The van der Waals surface area contributed by atoms with E-state index >= 15 is 0 Å². The Labute approximate surface area is 125 Å². The van der Waals surface area contributed by atoms with Crippen molar-refractivity contribution in [3.63, 3.8) is 0 Å². The molecule has 5 heteroatoms. The van der Waals surface area contributed by atoms with Crippen LogP contribution in [0.4, 0.5) is 0 Å². The molecule has 2 saturated carbocycles. The van der Waals surface area contributed by atoms with Crippen molar-refractivity contribution in [2.75, 3.05) is 7.11 Å². The van der Waals surface area contributed by atoms with Gasteiger partial charge in [0, 0.05) is 23.7 Å². The monoisotopic (exact) mass is 289 g/mol. The van der Waals surface area contributed by atoms with Gasteiger partial charge in [-0.05, 0) is 55.7 Å². The molecule has 2 fully saturated rings. The average molecular weight is 289 g/mol. The summed E-state index contributed by atoms with van der Waals surface area (Å²) in [6, 6.07) is 6.24. The first-order chi connectivity index (χ1) is 10.2. The summed E-state index contributed by atoms with van der Waals surface area (Å²) in [7, 11) is 1.67. The largest absolute Gasteiger partial charge is 0.496 e. The molecule has 1 aromatic carbocycles. The van der Waals surface area contributed by atoms with Gasteiger partial charge in [-0.15, -0.1) is 0 Å². The maximum absolute atomic E-state index is 8.80. The van der Waals surface area contributed by atoms with E-state index in [2.05, 4.69) is 10.5 Å². The van der Waals surface area contributed by atoms with Gasteiger partial charge in [0.05, 0.1) is 7.11 Å². The second kappa shape index (κ2) is 5.93. The van der Waals surface area contributed by atoms with Crippen LogP contribution < -0.4 is 15.8 Å². The molecule has 0 heterocycles. The van der Waals surface area contributed by atoms with Crippen LogP contribution in [0.15, 0.2) is 23.4 Å². The average Bonchev–Trinajstić information content (AvgIpc) is 3.39. The summed E-state index contributed by atoms with van der Waals surface area (Å²) in [6.45, 7) is 0.757. The summed E-state index contributed by atoms with van der Waals surface area (Å²) >= 11 is 0. The van der Waals surface area contributed by atoms with Crippen molar-refractivity contribution in [1.82, 2.24) is 5.32 Å². The lowest BCUT2D eigenvalue weighted by molar-refractivity contribution is 0.318. The number of hydrogen-bond acceptors (Lipinski definition) is 4. The van der Waals surface area contributed by atoms with Gasteiger partial charge in [0.15, 0.2) is 5.84 Å². The number of ether oxygens (including phenoxy) is 1. The van der Waals surface area contributed by atoms with Gasteiger partial charge < -0.3 is 21.0 Å². The van der Waals surface area contributed by atoms with Gasteiger partial charge in [0.2, 0.25) is 0 Å². The Morgan fingerprint density at radius 3 is 2.57 bits per heavy atom. The number of nitrogens with one attached hydrogen (secondary N) is 1.